The molecule has 28 heavy (non-hydrogen) atoms. The summed E-state index contributed by atoms with van der Waals surface area (Å²) in [6.45, 7) is -0.400. The van der Waals surface area contributed by atoms with E-state index in [2.05, 4.69) is 5.32 Å². The van der Waals surface area contributed by atoms with Gasteiger partial charge in [-0.1, -0.05) is 23.7 Å². The van der Waals surface area contributed by atoms with Crippen molar-refractivity contribution < 1.29 is 31.1 Å². The fourth-order valence-corrected chi connectivity index (χ4v) is 4.46. The SMILES string of the molecule is CNC(=O)C1CN(S(=O)(=O)c2ccc(Cl)c(C(F)(F)F)c2)c2ccccc2O1. The number of anilines is 1. The minimum Gasteiger partial charge on any atom is -0.476 e. The molecule has 1 heterocycles. The lowest BCUT2D eigenvalue weighted by Gasteiger charge is -2.34. The fraction of sp³-hybridized carbons (Fsp3) is 0.235. The molecule has 1 unspecified atom stereocenters. The second-order valence-corrected chi connectivity index (χ2v) is 8.13. The number of likely N-dealkylation sites (N-methyl/N-ethyl adjacent to an activating group) is 1. The number of nitrogens with one attached hydrogen (secondary N) is 1. The Balaban J connectivity index is 2.12. The minimum absolute atomic E-state index is 0.117. The third-order valence-corrected chi connectivity index (χ3v) is 6.21. The number of ether oxygens (including phenoxy) is 1. The smallest absolute Gasteiger partial charge is 0.417 e. The molecule has 1 atom stereocenters. The van der Waals surface area contributed by atoms with Crippen molar-refractivity contribution in [3.8, 4) is 5.75 Å². The van der Waals surface area contributed by atoms with Crippen molar-refractivity contribution in [3.05, 3.63) is 53.1 Å². The van der Waals surface area contributed by atoms with E-state index in [0.29, 0.717) is 6.07 Å². The molecule has 150 valence electrons. The van der Waals surface area contributed by atoms with Crippen molar-refractivity contribution in [1.82, 2.24) is 5.32 Å². The molecular formula is C17H14ClF3N2O4S. The van der Waals surface area contributed by atoms with Crippen LogP contribution in [0.4, 0.5) is 18.9 Å². The molecule has 3 rings (SSSR count). The first kappa shape index (κ1) is 20.3. The second kappa shape index (κ2) is 7.17. The molecule has 11 heteroatoms. The van der Waals surface area contributed by atoms with E-state index in [0.717, 1.165) is 16.4 Å². The summed E-state index contributed by atoms with van der Waals surface area (Å²) in [5.41, 5.74) is -1.15. The monoisotopic (exact) mass is 434 g/mol. The summed E-state index contributed by atoms with van der Waals surface area (Å²) in [6.07, 6.45) is -5.99. The molecule has 0 spiro atoms. The van der Waals surface area contributed by atoms with Crippen LogP contribution in [0.1, 0.15) is 5.56 Å². The lowest BCUT2D eigenvalue weighted by atomic mass is 10.2. The van der Waals surface area contributed by atoms with Crippen molar-refractivity contribution in [1.29, 1.82) is 0 Å². The lowest BCUT2D eigenvalue weighted by Crippen LogP contribution is -2.50. The predicted octanol–water partition coefficient (Wildman–Crippen LogP) is 3.06. The first-order valence-corrected chi connectivity index (χ1v) is 9.74. The van der Waals surface area contributed by atoms with Crippen molar-refractivity contribution in [2.45, 2.75) is 17.2 Å². The zero-order valence-corrected chi connectivity index (χ0v) is 15.9. The van der Waals surface area contributed by atoms with E-state index in [1.54, 1.807) is 12.1 Å². The van der Waals surface area contributed by atoms with Crippen LogP contribution in [-0.2, 0) is 21.0 Å². The molecular weight excluding hydrogens is 421 g/mol. The predicted molar refractivity (Wildman–Crippen MR) is 95.9 cm³/mol. The molecule has 6 nitrogen and oxygen atoms in total. The van der Waals surface area contributed by atoms with Crippen LogP contribution in [0.25, 0.3) is 0 Å². The highest BCUT2D eigenvalue weighted by atomic mass is 35.5. The maximum absolute atomic E-state index is 13.1. The molecule has 1 amide bonds. The number of fused-ring (bicyclic) bond motifs is 1. The number of hydrogen-bond acceptors (Lipinski definition) is 4. The summed E-state index contributed by atoms with van der Waals surface area (Å²) in [5, 5.41) is 1.75. The molecule has 1 aliphatic rings. The molecule has 0 bridgehead atoms. The van der Waals surface area contributed by atoms with Gasteiger partial charge in [-0.15, -0.1) is 0 Å². The Hall–Kier alpha value is -2.46. The maximum Gasteiger partial charge on any atom is 0.417 e. The van der Waals surface area contributed by atoms with Crippen LogP contribution in [0.15, 0.2) is 47.4 Å². The number of para-hydroxylation sites is 2. The first-order valence-electron chi connectivity index (χ1n) is 7.92. The number of amides is 1. The van der Waals surface area contributed by atoms with Gasteiger partial charge in [-0.05, 0) is 30.3 Å². The van der Waals surface area contributed by atoms with Gasteiger partial charge in [0.15, 0.2) is 6.10 Å². The fourth-order valence-electron chi connectivity index (χ4n) is 2.74. The Kier molecular flexibility index (Phi) is 5.20. The van der Waals surface area contributed by atoms with Gasteiger partial charge in [0, 0.05) is 7.05 Å². The molecule has 0 fully saturated rings. The number of halogens is 4. The maximum atomic E-state index is 13.1. The van der Waals surface area contributed by atoms with Crippen LogP contribution in [0.2, 0.25) is 5.02 Å². The zero-order valence-electron chi connectivity index (χ0n) is 14.3. The van der Waals surface area contributed by atoms with Crippen LogP contribution in [0.5, 0.6) is 5.75 Å². The van der Waals surface area contributed by atoms with E-state index in [9.17, 15) is 26.4 Å². The Morgan fingerprint density at radius 2 is 1.93 bits per heavy atom. The zero-order chi connectivity index (χ0) is 20.7. The molecule has 2 aromatic carbocycles. The average molecular weight is 435 g/mol. The Morgan fingerprint density at radius 3 is 2.57 bits per heavy atom. The number of carbonyl (C=O) groups excluding carboxylic acids is 1. The third kappa shape index (κ3) is 3.61. The summed E-state index contributed by atoms with van der Waals surface area (Å²) in [6, 6.07) is 8.38. The Morgan fingerprint density at radius 1 is 1.25 bits per heavy atom. The van der Waals surface area contributed by atoms with Gasteiger partial charge in [-0.3, -0.25) is 9.10 Å². The highest BCUT2D eigenvalue weighted by Crippen LogP contribution is 2.39. The minimum atomic E-state index is -4.82. The number of rotatable bonds is 3. The van der Waals surface area contributed by atoms with Gasteiger partial charge in [-0.25, -0.2) is 8.42 Å². The molecule has 0 radical (unpaired) electrons. The summed E-state index contributed by atoms with van der Waals surface area (Å²) in [5.74, 6) is -0.447. The molecule has 0 aliphatic carbocycles. The lowest BCUT2D eigenvalue weighted by molar-refractivity contribution is -0.137. The van der Waals surface area contributed by atoms with Crippen LogP contribution >= 0.6 is 11.6 Å². The molecule has 2 aromatic rings. The van der Waals surface area contributed by atoms with Gasteiger partial charge >= 0.3 is 6.18 Å². The Labute approximate surface area is 163 Å². The van der Waals surface area contributed by atoms with Crippen molar-refractivity contribution in [2.24, 2.45) is 0 Å². The van der Waals surface area contributed by atoms with E-state index in [1.807, 2.05) is 0 Å². The summed E-state index contributed by atoms with van der Waals surface area (Å²) < 4.78 is 72.1. The number of sulfonamides is 1. The van der Waals surface area contributed by atoms with Crippen LogP contribution < -0.4 is 14.4 Å². The van der Waals surface area contributed by atoms with Crippen LogP contribution in [0.3, 0.4) is 0 Å². The first-order chi connectivity index (χ1) is 13.1. The van der Waals surface area contributed by atoms with Gasteiger partial charge in [0.25, 0.3) is 15.9 Å². The topological polar surface area (TPSA) is 75.7 Å². The van der Waals surface area contributed by atoms with Gasteiger partial charge in [0.05, 0.1) is 27.7 Å². The molecule has 0 saturated heterocycles. The highest BCUT2D eigenvalue weighted by Gasteiger charge is 2.39. The average Bonchev–Trinajstić information content (AvgIpc) is 2.65. The summed E-state index contributed by atoms with van der Waals surface area (Å²) in [7, 11) is -3.07. The molecule has 0 saturated carbocycles. The van der Waals surface area contributed by atoms with E-state index in [4.69, 9.17) is 16.3 Å². The van der Waals surface area contributed by atoms with Crippen molar-refractivity contribution >= 4 is 33.2 Å². The largest absolute Gasteiger partial charge is 0.476 e. The van der Waals surface area contributed by atoms with E-state index < -0.39 is 50.2 Å². The molecule has 1 N–H and O–H groups in total. The number of nitrogens with zero attached hydrogens (tertiary/aromatic N) is 1. The summed E-state index contributed by atoms with van der Waals surface area (Å²) in [4.78, 5) is 11.4. The molecule has 1 aliphatic heterocycles. The van der Waals surface area contributed by atoms with Gasteiger partial charge < -0.3 is 10.1 Å². The number of hydrogen-bond donors (Lipinski definition) is 1. The van der Waals surface area contributed by atoms with Crippen LogP contribution in [0, 0.1) is 0 Å². The second-order valence-electron chi connectivity index (χ2n) is 5.86. The van der Waals surface area contributed by atoms with E-state index in [1.165, 1.54) is 19.2 Å². The van der Waals surface area contributed by atoms with E-state index in [-0.39, 0.29) is 11.4 Å². The number of carbonyl (C=O) groups is 1. The number of benzene rings is 2. The third-order valence-electron chi connectivity index (χ3n) is 4.10. The van der Waals surface area contributed by atoms with Gasteiger partial charge in [-0.2, -0.15) is 13.2 Å². The summed E-state index contributed by atoms with van der Waals surface area (Å²) >= 11 is 5.58. The van der Waals surface area contributed by atoms with Crippen LogP contribution in [-0.4, -0.2) is 34.0 Å². The number of alkyl halides is 3. The van der Waals surface area contributed by atoms with Gasteiger partial charge in [0.2, 0.25) is 0 Å². The van der Waals surface area contributed by atoms with E-state index >= 15 is 0 Å². The molecule has 0 aromatic heterocycles. The normalized spacial score (nSPS) is 16.9. The highest BCUT2D eigenvalue weighted by molar-refractivity contribution is 7.92. The van der Waals surface area contributed by atoms with Crippen molar-refractivity contribution in [2.75, 3.05) is 17.9 Å². The standard InChI is InChI=1S/C17H14ClF3N2O4S/c1-22-16(24)15-9-23(13-4-2-3-5-14(13)27-15)28(25,26)10-6-7-12(18)11(8-10)17(19,20)21/h2-8,15H,9H2,1H3,(H,22,24). The van der Waals surface area contributed by atoms with Crippen molar-refractivity contribution in [3.63, 3.8) is 0 Å². The Bertz CT molecular complexity index is 1030. The quantitative estimate of drug-likeness (QED) is 0.805. The van der Waals surface area contributed by atoms with Gasteiger partial charge in [0.1, 0.15) is 5.75 Å².